The number of hydrogen-bond donors (Lipinski definition) is 1. The predicted octanol–water partition coefficient (Wildman–Crippen LogP) is 3.71. The number of imidazole rings is 1. The van der Waals surface area contributed by atoms with E-state index in [9.17, 15) is 4.39 Å². The number of benzene rings is 2. The van der Waals surface area contributed by atoms with Gasteiger partial charge in [-0.3, -0.25) is 4.57 Å². The van der Waals surface area contributed by atoms with Crippen molar-refractivity contribution >= 4 is 28.6 Å². The lowest BCUT2D eigenvalue weighted by molar-refractivity contribution is 0.620. The molecule has 0 radical (unpaired) electrons. The molecule has 0 aliphatic heterocycles. The van der Waals surface area contributed by atoms with Gasteiger partial charge in [0.15, 0.2) is 0 Å². The number of hydrogen-bond acceptors (Lipinski definition) is 2. The van der Waals surface area contributed by atoms with Crippen LogP contribution in [0.5, 0.6) is 0 Å². The third-order valence-corrected chi connectivity index (χ3v) is 3.22. The van der Waals surface area contributed by atoms with Crippen LogP contribution in [0.15, 0.2) is 36.4 Å². The summed E-state index contributed by atoms with van der Waals surface area (Å²) in [6, 6.07) is 10.2. The fourth-order valence-electron chi connectivity index (χ4n) is 2.12. The molecule has 0 amide bonds. The van der Waals surface area contributed by atoms with Crippen LogP contribution in [0.4, 0.5) is 10.3 Å². The highest BCUT2D eigenvalue weighted by atomic mass is 35.5. The first-order valence-electron chi connectivity index (χ1n) is 5.76. The lowest BCUT2D eigenvalue weighted by atomic mass is 10.2. The molecule has 0 saturated carbocycles. The van der Waals surface area contributed by atoms with E-state index in [2.05, 4.69) is 4.98 Å². The number of nitrogens with zero attached hydrogens (tertiary/aromatic N) is 2. The molecular formula is C14H11ClFN3. The van der Waals surface area contributed by atoms with Gasteiger partial charge >= 0.3 is 0 Å². The second kappa shape index (κ2) is 4.24. The van der Waals surface area contributed by atoms with Gasteiger partial charge < -0.3 is 5.73 Å². The average molecular weight is 276 g/mol. The van der Waals surface area contributed by atoms with Gasteiger partial charge in [0.05, 0.1) is 16.7 Å². The molecule has 0 aliphatic rings. The van der Waals surface area contributed by atoms with Crippen LogP contribution >= 0.6 is 11.6 Å². The van der Waals surface area contributed by atoms with Crippen molar-refractivity contribution in [2.24, 2.45) is 0 Å². The first kappa shape index (κ1) is 12.0. The van der Waals surface area contributed by atoms with Gasteiger partial charge in [0.1, 0.15) is 5.82 Å². The second-order valence-corrected chi connectivity index (χ2v) is 4.83. The third-order valence-electron chi connectivity index (χ3n) is 2.99. The van der Waals surface area contributed by atoms with E-state index in [1.165, 1.54) is 6.07 Å². The Labute approximate surface area is 114 Å². The molecule has 2 N–H and O–H groups in total. The highest BCUT2D eigenvalue weighted by Gasteiger charge is 2.13. The second-order valence-electron chi connectivity index (χ2n) is 4.39. The van der Waals surface area contributed by atoms with E-state index in [0.29, 0.717) is 10.7 Å². The van der Waals surface area contributed by atoms with Gasteiger partial charge in [-0.2, -0.15) is 0 Å². The average Bonchev–Trinajstić information content (AvgIpc) is 2.65. The molecule has 0 spiro atoms. The molecule has 2 aromatic carbocycles. The lowest BCUT2D eigenvalue weighted by Crippen LogP contribution is -2.02. The van der Waals surface area contributed by atoms with Crippen molar-refractivity contribution in [3.8, 4) is 5.69 Å². The fourth-order valence-corrected chi connectivity index (χ4v) is 2.28. The van der Waals surface area contributed by atoms with E-state index in [-0.39, 0.29) is 5.95 Å². The largest absolute Gasteiger partial charge is 0.369 e. The van der Waals surface area contributed by atoms with Crippen molar-refractivity contribution in [2.75, 3.05) is 5.73 Å². The summed E-state index contributed by atoms with van der Waals surface area (Å²) in [4.78, 5) is 4.25. The molecule has 3 rings (SSSR count). The van der Waals surface area contributed by atoms with Crippen LogP contribution in [0.3, 0.4) is 0 Å². The molecule has 0 fully saturated rings. The number of halogens is 2. The summed E-state index contributed by atoms with van der Waals surface area (Å²) < 4.78 is 15.6. The zero-order valence-electron chi connectivity index (χ0n) is 10.2. The number of rotatable bonds is 1. The smallest absolute Gasteiger partial charge is 0.206 e. The Hall–Kier alpha value is -2.07. The van der Waals surface area contributed by atoms with Gasteiger partial charge in [0.2, 0.25) is 5.95 Å². The van der Waals surface area contributed by atoms with Crippen molar-refractivity contribution in [2.45, 2.75) is 6.92 Å². The molecule has 0 aliphatic carbocycles. The normalized spacial score (nSPS) is 11.1. The van der Waals surface area contributed by atoms with Crippen LogP contribution in [0, 0.1) is 12.7 Å². The Balaban J connectivity index is 2.33. The number of nitrogen functional groups attached to an aromatic ring is 1. The number of aryl methyl sites for hydroxylation is 1. The maximum absolute atomic E-state index is 14.0. The van der Waals surface area contributed by atoms with Gasteiger partial charge in [-0.05, 0) is 42.8 Å². The summed E-state index contributed by atoms with van der Waals surface area (Å²) in [5.74, 6) is -0.180. The van der Waals surface area contributed by atoms with Gasteiger partial charge in [0.25, 0.3) is 0 Å². The van der Waals surface area contributed by atoms with E-state index in [0.717, 1.165) is 16.6 Å². The number of aromatic nitrogens is 2. The topological polar surface area (TPSA) is 43.8 Å². The van der Waals surface area contributed by atoms with E-state index in [1.807, 2.05) is 25.1 Å². The van der Waals surface area contributed by atoms with Gasteiger partial charge in [-0.15, -0.1) is 0 Å². The maximum atomic E-state index is 14.0. The molecule has 1 aromatic heterocycles. The zero-order valence-corrected chi connectivity index (χ0v) is 10.9. The van der Waals surface area contributed by atoms with Crippen molar-refractivity contribution in [1.82, 2.24) is 9.55 Å². The fraction of sp³-hybridized carbons (Fsp3) is 0.0714. The monoisotopic (exact) mass is 275 g/mol. The maximum Gasteiger partial charge on any atom is 0.206 e. The Morgan fingerprint density at radius 3 is 2.74 bits per heavy atom. The summed E-state index contributed by atoms with van der Waals surface area (Å²) in [7, 11) is 0. The quantitative estimate of drug-likeness (QED) is 0.736. The Kier molecular flexibility index (Phi) is 2.68. The minimum absolute atomic E-state index is 0.252. The molecule has 0 atom stereocenters. The van der Waals surface area contributed by atoms with Crippen LogP contribution in [0.25, 0.3) is 16.7 Å². The van der Waals surface area contributed by atoms with Crippen LogP contribution in [0.2, 0.25) is 5.02 Å². The predicted molar refractivity (Wildman–Crippen MR) is 75.2 cm³/mol. The molecule has 3 aromatic rings. The summed E-state index contributed by atoms with van der Waals surface area (Å²) >= 11 is 5.76. The number of anilines is 1. The summed E-state index contributed by atoms with van der Waals surface area (Å²) in [5, 5.41) is 0.347. The van der Waals surface area contributed by atoms with Crippen LogP contribution in [-0.2, 0) is 0 Å². The summed E-state index contributed by atoms with van der Waals surface area (Å²) in [6.07, 6.45) is 0. The molecule has 0 saturated heterocycles. The minimum Gasteiger partial charge on any atom is -0.369 e. The van der Waals surface area contributed by atoms with E-state index in [1.54, 1.807) is 16.7 Å². The van der Waals surface area contributed by atoms with Crippen molar-refractivity contribution in [3.63, 3.8) is 0 Å². The van der Waals surface area contributed by atoms with E-state index < -0.39 is 5.82 Å². The Morgan fingerprint density at radius 1 is 1.21 bits per heavy atom. The lowest BCUT2D eigenvalue weighted by Gasteiger charge is -2.08. The molecule has 5 heteroatoms. The van der Waals surface area contributed by atoms with Crippen LogP contribution in [0.1, 0.15) is 5.56 Å². The van der Waals surface area contributed by atoms with Gasteiger partial charge in [-0.1, -0.05) is 17.7 Å². The highest BCUT2D eigenvalue weighted by Crippen LogP contribution is 2.26. The number of nitrogens with two attached hydrogens (primary N) is 1. The SMILES string of the molecule is Cc1ccc2c(c1)nc(N)n2-c1ccc(Cl)cc1F. The van der Waals surface area contributed by atoms with Crippen molar-refractivity contribution in [3.05, 3.63) is 52.8 Å². The minimum atomic E-state index is -0.431. The molecule has 19 heavy (non-hydrogen) atoms. The standard InChI is InChI=1S/C14H11ClFN3/c1-8-2-4-13-11(6-8)18-14(17)19(13)12-5-3-9(15)7-10(12)16/h2-7H,1H3,(H2,17,18). The number of fused-ring (bicyclic) bond motifs is 1. The first-order valence-corrected chi connectivity index (χ1v) is 6.14. The zero-order chi connectivity index (χ0) is 13.6. The van der Waals surface area contributed by atoms with Crippen LogP contribution < -0.4 is 5.73 Å². The van der Waals surface area contributed by atoms with Gasteiger partial charge in [0, 0.05) is 5.02 Å². The molecule has 0 unspecified atom stereocenters. The highest BCUT2D eigenvalue weighted by molar-refractivity contribution is 6.30. The summed E-state index contributed by atoms with van der Waals surface area (Å²) in [6.45, 7) is 1.97. The third kappa shape index (κ3) is 1.94. The summed E-state index contributed by atoms with van der Waals surface area (Å²) in [5.41, 5.74) is 8.82. The van der Waals surface area contributed by atoms with E-state index in [4.69, 9.17) is 17.3 Å². The molecule has 3 nitrogen and oxygen atoms in total. The van der Waals surface area contributed by atoms with Crippen molar-refractivity contribution < 1.29 is 4.39 Å². The molecular weight excluding hydrogens is 265 g/mol. The molecule has 1 heterocycles. The van der Waals surface area contributed by atoms with E-state index >= 15 is 0 Å². The molecule has 96 valence electrons. The van der Waals surface area contributed by atoms with Crippen LogP contribution in [-0.4, -0.2) is 9.55 Å². The Bertz CT molecular complexity index is 780. The Morgan fingerprint density at radius 2 is 2.00 bits per heavy atom. The molecule has 0 bridgehead atoms. The van der Waals surface area contributed by atoms with Gasteiger partial charge in [-0.25, -0.2) is 9.37 Å². The van der Waals surface area contributed by atoms with Crippen molar-refractivity contribution in [1.29, 1.82) is 0 Å². The first-order chi connectivity index (χ1) is 9.06.